The SMILES string of the molecule is CC(C)(C)OC(=O)n1cc(C(N)=O)c2cc(Oc3ccc(O)cc3)ccc21. The van der Waals surface area contributed by atoms with Crippen LogP contribution >= 0.6 is 0 Å². The molecule has 27 heavy (non-hydrogen) atoms. The summed E-state index contributed by atoms with van der Waals surface area (Å²) < 4.78 is 12.4. The monoisotopic (exact) mass is 368 g/mol. The van der Waals surface area contributed by atoms with Gasteiger partial charge in [0.1, 0.15) is 22.8 Å². The molecule has 1 amide bonds. The summed E-state index contributed by atoms with van der Waals surface area (Å²) >= 11 is 0. The van der Waals surface area contributed by atoms with E-state index < -0.39 is 17.6 Å². The summed E-state index contributed by atoms with van der Waals surface area (Å²) in [4.78, 5) is 24.3. The summed E-state index contributed by atoms with van der Waals surface area (Å²) in [7, 11) is 0. The molecule has 0 radical (unpaired) electrons. The number of ether oxygens (including phenoxy) is 2. The first-order valence-corrected chi connectivity index (χ1v) is 8.29. The topological polar surface area (TPSA) is 104 Å². The van der Waals surface area contributed by atoms with Gasteiger partial charge in [0.2, 0.25) is 0 Å². The highest BCUT2D eigenvalue weighted by Crippen LogP contribution is 2.30. The standard InChI is InChI=1S/C20H20N2O5/c1-20(2,3)27-19(25)22-11-16(18(21)24)15-10-14(8-9-17(15)22)26-13-6-4-12(23)5-7-13/h4-11,23H,1-3H3,(H2,21,24). The summed E-state index contributed by atoms with van der Waals surface area (Å²) in [6.45, 7) is 5.28. The summed E-state index contributed by atoms with van der Waals surface area (Å²) in [5.41, 5.74) is 5.46. The van der Waals surface area contributed by atoms with Crippen LogP contribution in [0, 0.1) is 0 Å². The molecule has 3 rings (SSSR count). The Hall–Kier alpha value is -3.48. The molecule has 0 aliphatic carbocycles. The fourth-order valence-electron chi connectivity index (χ4n) is 2.58. The Bertz CT molecular complexity index is 1010. The molecule has 0 saturated heterocycles. The lowest BCUT2D eigenvalue weighted by molar-refractivity contribution is 0.0544. The number of phenolic OH excluding ortho intramolecular Hbond substituents is 1. The number of hydrogen-bond donors (Lipinski definition) is 2. The van der Waals surface area contributed by atoms with Crippen LogP contribution in [0.2, 0.25) is 0 Å². The number of primary amides is 1. The summed E-state index contributed by atoms with van der Waals surface area (Å²) in [6.07, 6.45) is 0.762. The normalized spacial score (nSPS) is 11.4. The van der Waals surface area contributed by atoms with Crippen molar-refractivity contribution in [3.05, 3.63) is 54.2 Å². The molecule has 0 aliphatic heterocycles. The lowest BCUT2D eigenvalue weighted by Gasteiger charge is -2.19. The highest BCUT2D eigenvalue weighted by Gasteiger charge is 2.22. The lowest BCUT2D eigenvalue weighted by Crippen LogP contribution is -2.26. The first-order chi connectivity index (χ1) is 12.6. The molecule has 0 fully saturated rings. The van der Waals surface area contributed by atoms with Crippen molar-refractivity contribution in [1.82, 2.24) is 4.57 Å². The first kappa shape index (κ1) is 18.3. The Labute approximate surface area is 155 Å². The van der Waals surface area contributed by atoms with E-state index in [1.807, 2.05) is 0 Å². The predicted octanol–water partition coefficient (Wildman–Crippen LogP) is 4.02. The third kappa shape index (κ3) is 4.03. The molecule has 7 heteroatoms. The lowest BCUT2D eigenvalue weighted by atomic mass is 10.1. The van der Waals surface area contributed by atoms with Crippen LogP contribution < -0.4 is 10.5 Å². The Morgan fingerprint density at radius 3 is 2.26 bits per heavy atom. The number of benzene rings is 2. The Morgan fingerprint density at radius 2 is 1.67 bits per heavy atom. The van der Waals surface area contributed by atoms with Crippen LogP contribution in [-0.2, 0) is 4.74 Å². The van der Waals surface area contributed by atoms with Crippen LogP contribution in [0.25, 0.3) is 10.9 Å². The number of carbonyl (C=O) groups excluding carboxylic acids is 2. The van der Waals surface area contributed by atoms with Gasteiger partial charge in [-0.25, -0.2) is 4.79 Å². The summed E-state index contributed by atoms with van der Waals surface area (Å²) in [5, 5.41) is 9.82. The Morgan fingerprint density at radius 1 is 1.04 bits per heavy atom. The van der Waals surface area contributed by atoms with Gasteiger partial charge in [0.25, 0.3) is 5.91 Å². The molecule has 7 nitrogen and oxygen atoms in total. The maximum absolute atomic E-state index is 12.5. The molecule has 0 bridgehead atoms. The average molecular weight is 368 g/mol. The van der Waals surface area contributed by atoms with Crippen molar-refractivity contribution in [2.24, 2.45) is 5.73 Å². The molecular formula is C20H20N2O5. The largest absolute Gasteiger partial charge is 0.508 e. The van der Waals surface area contributed by atoms with E-state index in [1.165, 1.54) is 22.9 Å². The maximum atomic E-state index is 12.5. The van der Waals surface area contributed by atoms with Gasteiger partial charge in [-0.3, -0.25) is 9.36 Å². The predicted molar refractivity (Wildman–Crippen MR) is 100 cm³/mol. The van der Waals surface area contributed by atoms with Crippen molar-refractivity contribution in [3.63, 3.8) is 0 Å². The second-order valence-corrected chi connectivity index (χ2v) is 7.03. The van der Waals surface area contributed by atoms with Gasteiger partial charge in [-0.1, -0.05) is 0 Å². The molecule has 1 aromatic heterocycles. The van der Waals surface area contributed by atoms with Crippen LogP contribution in [0.4, 0.5) is 4.79 Å². The van der Waals surface area contributed by atoms with Gasteiger partial charge >= 0.3 is 6.09 Å². The molecule has 0 spiro atoms. The number of hydrogen-bond acceptors (Lipinski definition) is 5. The number of aromatic nitrogens is 1. The molecule has 140 valence electrons. The number of phenols is 1. The minimum absolute atomic E-state index is 0.128. The fraction of sp³-hybridized carbons (Fsp3) is 0.200. The molecule has 3 aromatic rings. The molecule has 2 aromatic carbocycles. The zero-order valence-corrected chi connectivity index (χ0v) is 15.2. The second-order valence-electron chi connectivity index (χ2n) is 7.03. The first-order valence-electron chi connectivity index (χ1n) is 8.29. The Balaban J connectivity index is 2.02. The number of nitrogens with zero attached hydrogens (tertiary/aromatic N) is 1. The number of aromatic hydroxyl groups is 1. The zero-order chi connectivity index (χ0) is 19.8. The van der Waals surface area contributed by atoms with Crippen molar-refractivity contribution >= 4 is 22.9 Å². The van der Waals surface area contributed by atoms with Crippen LogP contribution in [0.15, 0.2) is 48.7 Å². The van der Waals surface area contributed by atoms with Crippen LogP contribution in [0.1, 0.15) is 31.1 Å². The van der Waals surface area contributed by atoms with E-state index in [0.29, 0.717) is 22.4 Å². The van der Waals surface area contributed by atoms with Gasteiger partial charge in [0.15, 0.2) is 0 Å². The average Bonchev–Trinajstić information content (AvgIpc) is 2.95. The molecule has 3 N–H and O–H groups in total. The van der Waals surface area contributed by atoms with Crippen molar-refractivity contribution in [3.8, 4) is 17.2 Å². The van der Waals surface area contributed by atoms with E-state index in [-0.39, 0.29) is 11.3 Å². The van der Waals surface area contributed by atoms with E-state index >= 15 is 0 Å². The molecule has 0 unspecified atom stereocenters. The zero-order valence-electron chi connectivity index (χ0n) is 15.2. The van der Waals surface area contributed by atoms with Gasteiger partial charge in [-0.05, 0) is 63.2 Å². The van der Waals surface area contributed by atoms with Gasteiger partial charge < -0.3 is 20.3 Å². The van der Waals surface area contributed by atoms with Crippen LogP contribution in [0.5, 0.6) is 17.2 Å². The highest BCUT2D eigenvalue weighted by atomic mass is 16.6. The molecule has 1 heterocycles. The smallest absolute Gasteiger partial charge is 0.419 e. The molecule has 0 aliphatic rings. The van der Waals surface area contributed by atoms with E-state index in [4.69, 9.17) is 15.2 Å². The van der Waals surface area contributed by atoms with E-state index in [0.717, 1.165) is 0 Å². The van der Waals surface area contributed by atoms with Crippen LogP contribution in [0.3, 0.4) is 0 Å². The van der Waals surface area contributed by atoms with E-state index in [1.54, 1.807) is 51.1 Å². The summed E-state index contributed by atoms with van der Waals surface area (Å²) in [5.74, 6) is 0.435. The van der Waals surface area contributed by atoms with E-state index in [2.05, 4.69) is 0 Å². The number of rotatable bonds is 3. The Kier molecular flexibility index (Phi) is 4.53. The van der Waals surface area contributed by atoms with Gasteiger partial charge in [-0.2, -0.15) is 0 Å². The minimum atomic E-state index is -0.678. The van der Waals surface area contributed by atoms with Crippen molar-refractivity contribution in [2.75, 3.05) is 0 Å². The van der Waals surface area contributed by atoms with Crippen molar-refractivity contribution in [1.29, 1.82) is 0 Å². The fourth-order valence-corrected chi connectivity index (χ4v) is 2.58. The van der Waals surface area contributed by atoms with Crippen molar-refractivity contribution in [2.45, 2.75) is 26.4 Å². The molecule has 0 atom stereocenters. The van der Waals surface area contributed by atoms with Gasteiger partial charge in [0.05, 0.1) is 11.1 Å². The van der Waals surface area contributed by atoms with Gasteiger partial charge in [0, 0.05) is 11.6 Å². The van der Waals surface area contributed by atoms with E-state index in [9.17, 15) is 14.7 Å². The third-order valence-corrected chi connectivity index (χ3v) is 3.70. The highest BCUT2D eigenvalue weighted by molar-refractivity contribution is 6.08. The van der Waals surface area contributed by atoms with Gasteiger partial charge in [-0.15, -0.1) is 0 Å². The second kappa shape index (κ2) is 6.68. The van der Waals surface area contributed by atoms with Crippen LogP contribution in [-0.4, -0.2) is 27.3 Å². The maximum Gasteiger partial charge on any atom is 0.419 e. The number of carbonyl (C=O) groups is 2. The summed E-state index contributed by atoms with van der Waals surface area (Å²) in [6, 6.07) is 11.2. The number of amides is 1. The molecular weight excluding hydrogens is 348 g/mol. The quantitative estimate of drug-likeness (QED) is 0.726. The number of nitrogens with two attached hydrogens (primary N) is 1. The number of fused-ring (bicyclic) bond motifs is 1. The molecule has 0 saturated carbocycles. The van der Waals surface area contributed by atoms with Crippen molar-refractivity contribution < 1.29 is 24.2 Å². The minimum Gasteiger partial charge on any atom is -0.508 e. The third-order valence-electron chi connectivity index (χ3n) is 3.70.